The van der Waals surface area contributed by atoms with Crippen molar-refractivity contribution in [1.82, 2.24) is 19.8 Å². The number of carbonyl (C=O) groups is 2. The predicted molar refractivity (Wildman–Crippen MR) is 167 cm³/mol. The number of amides is 2. The summed E-state index contributed by atoms with van der Waals surface area (Å²) in [6.45, 7) is 4.20. The quantitative estimate of drug-likeness (QED) is 0.275. The van der Waals surface area contributed by atoms with Crippen LogP contribution in [0.4, 0.5) is 21.6 Å². The Bertz CT molecular complexity index is 1730. The topological polar surface area (TPSA) is 108 Å². The molecule has 2 aliphatic rings. The van der Waals surface area contributed by atoms with Gasteiger partial charge in [0, 0.05) is 42.5 Å². The lowest BCUT2D eigenvalue weighted by atomic mass is 9.99. The molecule has 1 saturated heterocycles. The van der Waals surface area contributed by atoms with Gasteiger partial charge < -0.3 is 20.5 Å². The number of piperazine rings is 1. The highest BCUT2D eigenvalue weighted by Crippen LogP contribution is 2.31. The molecular weight excluding hydrogens is 567 g/mol. The van der Waals surface area contributed by atoms with Crippen LogP contribution in [0, 0.1) is 5.82 Å². The molecule has 1 unspecified atom stereocenters. The van der Waals surface area contributed by atoms with Crippen LogP contribution in [-0.4, -0.2) is 45.9 Å². The summed E-state index contributed by atoms with van der Waals surface area (Å²) >= 11 is 1.47. The Morgan fingerprint density at radius 2 is 1.91 bits per heavy atom. The first-order chi connectivity index (χ1) is 20.8. The molecule has 1 aliphatic carbocycles. The van der Waals surface area contributed by atoms with Crippen LogP contribution in [0.15, 0.2) is 59.5 Å². The van der Waals surface area contributed by atoms with Crippen LogP contribution in [0.1, 0.15) is 51.5 Å². The third kappa shape index (κ3) is 5.95. The van der Waals surface area contributed by atoms with E-state index < -0.39 is 5.82 Å². The highest BCUT2D eigenvalue weighted by Gasteiger charge is 2.30. The number of nitrogens with zero attached hydrogens (tertiary/aromatic N) is 3. The number of fused-ring (bicyclic) bond motifs is 1. The van der Waals surface area contributed by atoms with Crippen LogP contribution < -0.4 is 21.5 Å². The Kier molecular flexibility index (Phi) is 8.09. The van der Waals surface area contributed by atoms with Gasteiger partial charge >= 0.3 is 0 Å². The molecule has 4 aromatic rings. The number of carbonyl (C=O) groups excluding carboxylic acids is 2. The molecule has 2 amide bonds. The first kappa shape index (κ1) is 28.8. The van der Waals surface area contributed by atoms with Gasteiger partial charge in [0.2, 0.25) is 5.91 Å². The molecule has 0 radical (unpaired) electrons. The smallest absolute Gasteiger partial charge is 0.293 e. The number of hydrogen-bond donors (Lipinski definition) is 3. The van der Waals surface area contributed by atoms with Crippen molar-refractivity contribution in [3.63, 3.8) is 0 Å². The highest BCUT2D eigenvalue weighted by molar-refractivity contribution is 7.14. The number of anilines is 3. The van der Waals surface area contributed by atoms with Gasteiger partial charge in [0.25, 0.3) is 11.5 Å². The number of likely N-dealkylation sites (N-methyl/N-ethyl adjacent to an activating group) is 1. The van der Waals surface area contributed by atoms with Crippen molar-refractivity contribution in [1.29, 1.82) is 0 Å². The Labute approximate surface area is 252 Å². The van der Waals surface area contributed by atoms with Gasteiger partial charge in [-0.1, -0.05) is 19.1 Å². The fraction of sp³-hybridized carbons (Fsp3) is 0.312. The predicted octanol–water partition coefficient (Wildman–Crippen LogP) is 5.02. The van der Waals surface area contributed by atoms with Gasteiger partial charge in [0.1, 0.15) is 11.9 Å². The van der Waals surface area contributed by atoms with E-state index in [0.717, 1.165) is 44.3 Å². The van der Waals surface area contributed by atoms with Gasteiger partial charge in [0.15, 0.2) is 5.82 Å². The van der Waals surface area contributed by atoms with Gasteiger partial charge in [0.05, 0.1) is 16.3 Å². The number of hydrogen-bond acceptors (Lipinski definition) is 7. The maximum Gasteiger partial charge on any atom is 0.293 e. The second kappa shape index (κ2) is 12.1. The molecule has 0 spiro atoms. The SMILES string of the molecule is CCN1CCNC(=O)C1c1ccc(Nc2nc(-c3ccc(F)c(NC(=O)c4cc5c(s4)CCCC5)c3)cn(C)c2=O)cc1. The molecule has 9 nitrogen and oxygen atoms in total. The van der Waals surface area contributed by atoms with Gasteiger partial charge in [-0.15, -0.1) is 11.3 Å². The van der Waals surface area contributed by atoms with E-state index in [9.17, 15) is 18.8 Å². The molecular formula is C32H33FN6O3S. The van der Waals surface area contributed by atoms with Crippen LogP contribution in [-0.2, 0) is 24.7 Å². The maximum absolute atomic E-state index is 14.8. The van der Waals surface area contributed by atoms with E-state index in [1.807, 2.05) is 37.3 Å². The molecule has 1 aliphatic heterocycles. The maximum atomic E-state index is 14.8. The van der Waals surface area contributed by atoms with E-state index in [2.05, 4.69) is 25.8 Å². The van der Waals surface area contributed by atoms with Crippen LogP contribution in [0.3, 0.4) is 0 Å². The van der Waals surface area contributed by atoms with Crippen LogP contribution in [0.2, 0.25) is 0 Å². The monoisotopic (exact) mass is 600 g/mol. The minimum atomic E-state index is -0.560. The first-order valence-electron chi connectivity index (χ1n) is 14.5. The van der Waals surface area contributed by atoms with E-state index in [1.165, 1.54) is 38.5 Å². The van der Waals surface area contributed by atoms with Crippen molar-refractivity contribution in [2.45, 2.75) is 38.6 Å². The van der Waals surface area contributed by atoms with Crippen molar-refractivity contribution in [2.75, 3.05) is 30.3 Å². The van der Waals surface area contributed by atoms with Crippen LogP contribution in [0.5, 0.6) is 0 Å². The van der Waals surface area contributed by atoms with E-state index in [1.54, 1.807) is 19.3 Å². The zero-order chi connectivity index (χ0) is 30.1. The number of aromatic nitrogens is 2. The molecule has 6 rings (SSSR count). The van der Waals surface area contributed by atoms with Crippen molar-refractivity contribution >= 4 is 40.3 Å². The summed E-state index contributed by atoms with van der Waals surface area (Å²) < 4.78 is 16.2. The molecule has 3 N–H and O–H groups in total. The number of benzene rings is 2. The van der Waals surface area contributed by atoms with Crippen molar-refractivity contribution in [2.24, 2.45) is 7.05 Å². The standard InChI is InChI=1S/C32H33FN6O3S/c1-3-39-15-14-34-31(41)28(39)19-8-11-22(12-9-19)35-29-32(42)38(2)18-25(36-29)20-10-13-23(33)24(16-20)37-30(40)27-17-21-6-4-5-7-26(21)43-27/h8-13,16-18,28H,3-7,14-15H2,1-2H3,(H,34,41)(H,35,36)(H,37,40). The zero-order valence-corrected chi connectivity index (χ0v) is 24.9. The van der Waals surface area contributed by atoms with E-state index in [4.69, 9.17) is 0 Å². The summed E-state index contributed by atoms with van der Waals surface area (Å²) in [5.41, 5.74) is 3.39. The Balaban J connectivity index is 1.23. The molecule has 2 aromatic heterocycles. The van der Waals surface area contributed by atoms with E-state index >= 15 is 0 Å². The zero-order valence-electron chi connectivity index (χ0n) is 24.1. The summed E-state index contributed by atoms with van der Waals surface area (Å²) in [6.07, 6.45) is 5.76. The van der Waals surface area contributed by atoms with Crippen molar-refractivity contribution < 1.29 is 14.0 Å². The fourth-order valence-electron chi connectivity index (χ4n) is 5.70. The summed E-state index contributed by atoms with van der Waals surface area (Å²) in [5, 5.41) is 8.74. The van der Waals surface area contributed by atoms with E-state index in [-0.39, 0.29) is 34.9 Å². The van der Waals surface area contributed by atoms with E-state index in [0.29, 0.717) is 28.4 Å². The third-order valence-electron chi connectivity index (χ3n) is 8.01. The Hall–Kier alpha value is -4.35. The molecule has 11 heteroatoms. The Morgan fingerprint density at radius 1 is 1.12 bits per heavy atom. The first-order valence-corrected chi connectivity index (χ1v) is 15.3. The highest BCUT2D eigenvalue weighted by atomic mass is 32.1. The molecule has 1 fully saturated rings. The average Bonchev–Trinajstić information content (AvgIpc) is 3.45. The molecule has 3 heterocycles. The second-order valence-electron chi connectivity index (χ2n) is 10.9. The number of halogens is 1. The second-order valence-corrected chi connectivity index (χ2v) is 12.0. The summed E-state index contributed by atoms with van der Waals surface area (Å²) in [5.74, 6) is -0.837. The van der Waals surface area contributed by atoms with Crippen molar-refractivity contribution in [3.05, 3.63) is 91.8 Å². The lowest BCUT2D eigenvalue weighted by Crippen LogP contribution is -2.49. The fourth-order valence-corrected chi connectivity index (χ4v) is 6.85. The average molecular weight is 601 g/mol. The third-order valence-corrected chi connectivity index (χ3v) is 9.24. The van der Waals surface area contributed by atoms with Crippen LogP contribution in [0.25, 0.3) is 11.3 Å². The Morgan fingerprint density at radius 3 is 2.67 bits per heavy atom. The van der Waals surface area contributed by atoms with Gasteiger partial charge in [-0.05, 0) is 79.8 Å². The summed E-state index contributed by atoms with van der Waals surface area (Å²) in [7, 11) is 1.62. The van der Waals surface area contributed by atoms with Gasteiger partial charge in [-0.3, -0.25) is 19.3 Å². The summed E-state index contributed by atoms with van der Waals surface area (Å²) in [4.78, 5) is 47.0. The largest absolute Gasteiger partial charge is 0.353 e. The molecule has 0 bridgehead atoms. The normalized spacial score (nSPS) is 16.8. The molecule has 222 valence electrons. The molecule has 2 aromatic carbocycles. The van der Waals surface area contributed by atoms with Crippen LogP contribution >= 0.6 is 11.3 Å². The lowest BCUT2D eigenvalue weighted by molar-refractivity contribution is -0.129. The number of rotatable bonds is 7. The van der Waals surface area contributed by atoms with Gasteiger partial charge in [-0.25, -0.2) is 9.37 Å². The molecule has 43 heavy (non-hydrogen) atoms. The minimum absolute atomic E-state index is 0.0265. The number of aryl methyl sites for hydroxylation is 3. The van der Waals surface area contributed by atoms with Gasteiger partial charge in [-0.2, -0.15) is 0 Å². The number of nitrogens with one attached hydrogen (secondary N) is 3. The minimum Gasteiger partial charge on any atom is -0.353 e. The summed E-state index contributed by atoms with van der Waals surface area (Å²) in [6, 6.07) is 13.3. The molecule has 0 saturated carbocycles. The van der Waals surface area contributed by atoms with Crippen molar-refractivity contribution in [3.8, 4) is 11.3 Å². The number of thiophene rings is 1. The lowest BCUT2D eigenvalue weighted by Gasteiger charge is -2.34. The molecule has 1 atom stereocenters.